The molecule has 2 aromatic carbocycles. The topological polar surface area (TPSA) is 87.6 Å². The van der Waals surface area contributed by atoms with Gasteiger partial charge in [0.25, 0.3) is 0 Å². The SMILES string of the molecule is COc1cc(-c2ccc(N(C)CCN(C)c3ccc(-c4cc(OC)c(OC)c(OC)c4)cn3)nc2)cc(OC)c1OC. The maximum atomic E-state index is 5.49. The zero-order valence-electron chi connectivity index (χ0n) is 25.4. The number of hydrogen-bond acceptors (Lipinski definition) is 10. The number of aromatic nitrogens is 2. The Balaban J connectivity index is 1.41. The molecule has 10 heteroatoms. The van der Waals surface area contributed by atoms with E-state index in [2.05, 4.69) is 9.80 Å². The van der Waals surface area contributed by atoms with E-state index in [0.29, 0.717) is 34.5 Å². The van der Waals surface area contributed by atoms with Gasteiger partial charge in [-0.25, -0.2) is 9.97 Å². The third-order valence-corrected chi connectivity index (χ3v) is 7.04. The standard InChI is InChI=1S/C32H38N4O6/c1-35(29-11-9-21(19-33-29)23-15-25(37-3)31(41-7)26(16-23)38-4)13-14-36(2)30-12-10-22(20-34-30)24-17-27(39-5)32(42-8)28(18-24)40-6/h9-12,15-20H,13-14H2,1-8H3. The predicted molar refractivity (Wildman–Crippen MR) is 165 cm³/mol. The van der Waals surface area contributed by atoms with E-state index in [1.807, 2.05) is 75.0 Å². The molecule has 0 spiro atoms. The highest BCUT2D eigenvalue weighted by atomic mass is 16.5. The molecule has 0 bridgehead atoms. The highest BCUT2D eigenvalue weighted by Crippen LogP contribution is 2.42. The molecule has 0 aliphatic rings. The van der Waals surface area contributed by atoms with Gasteiger partial charge in [-0.3, -0.25) is 0 Å². The molecule has 0 saturated carbocycles. The molecule has 0 aliphatic carbocycles. The van der Waals surface area contributed by atoms with Crippen LogP contribution < -0.4 is 38.2 Å². The lowest BCUT2D eigenvalue weighted by molar-refractivity contribution is 0.324. The second-order valence-corrected chi connectivity index (χ2v) is 9.48. The molecule has 0 amide bonds. The number of pyridine rings is 2. The molecule has 0 saturated heterocycles. The lowest BCUT2D eigenvalue weighted by Gasteiger charge is -2.24. The quantitative estimate of drug-likeness (QED) is 0.206. The Bertz CT molecular complexity index is 1310. The summed E-state index contributed by atoms with van der Waals surface area (Å²) < 4.78 is 32.8. The number of likely N-dealkylation sites (N-methyl/N-ethyl adjacent to an activating group) is 2. The van der Waals surface area contributed by atoms with Crippen molar-refractivity contribution >= 4 is 11.6 Å². The molecule has 42 heavy (non-hydrogen) atoms. The van der Waals surface area contributed by atoms with Crippen molar-refractivity contribution < 1.29 is 28.4 Å². The molecule has 0 fully saturated rings. The van der Waals surface area contributed by atoms with Crippen LogP contribution in [0.4, 0.5) is 11.6 Å². The van der Waals surface area contributed by atoms with E-state index in [0.717, 1.165) is 47.0 Å². The highest BCUT2D eigenvalue weighted by Gasteiger charge is 2.16. The van der Waals surface area contributed by atoms with Crippen LogP contribution in [0.2, 0.25) is 0 Å². The monoisotopic (exact) mass is 574 g/mol. The molecular weight excluding hydrogens is 536 g/mol. The van der Waals surface area contributed by atoms with Gasteiger partial charge in [-0.15, -0.1) is 0 Å². The van der Waals surface area contributed by atoms with Crippen LogP contribution in [0.5, 0.6) is 34.5 Å². The first kappa shape index (κ1) is 30.1. The molecular formula is C32H38N4O6. The maximum Gasteiger partial charge on any atom is 0.203 e. The molecule has 2 aromatic heterocycles. The van der Waals surface area contributed by atoms with Crippen molar-refractivity contribution in [2.75, 3.05) is 79.6 Å². The van der Waals surface area contributed by atoms with Gasteiger partial charge in [-0.05, 0) is 59.7 Å². The first-order valence-corrected chi connectivity index (χ1v) is 13.3. The minimum absolute atomic E-state index is 0.558. The molecule has 0 radical (unpaired) electrons. The third-order valence-electron chi connectivity index (χ3n) is 7.04. The summed E-state index contributed by atoms with van der Waals surface area (Å²) in [5.41, 5.74) is 3.73. The summed E-state index contributed by atoms with van der Waals surface area (Å²) in [4.78, 5) is 13.6. The van der Waals surface area contributed by atoms with Crippen molar-refractivity contribution in [1.82, 2.24) is 9.97 Å². The molecule has 4 rings (SSSR count). The van der Waals surface area contributed by atoms with Crippen LogP contribution in [0.15, 0.2) is 60.9 Å². The fraction of sp³-hybridized carbons (Fsp3) is 0.312. The van der Waals surface area contributed by atoms with Crippen LogP contribution in [-0.2, 0) is 0 Å². The van der Waals surface area contributed by atoms with Crippen molar-refractivity contribution in [2.45, 2.75) is 0 Å². The molecule has 0 aliphatic heterocycles. The Hall–Kier alpha value is -4.86. The van der Waals surface area contributed by atoms with E-state index in [1.54, 1.807) is 42.7 Å². The summed E-state index contributed by atoms with van der Waals surface area (Å²) in [6.45, 7) is 1.51. The van der Waals surface area contributed by atoms with Gasteiger partial charge in [0.05, 0.1) is 42.7 Å². The Morgan fingerprint density at radius 3 is 1.05 bits per heavy atom. The molecule has 0 atom stereocenters. The number of ether oxygens (including phenoxy) is 6. The number of rotatable bonds is 13. The number of hydrogen-bond donors (Lipinski definition) is 0. The van der Waals surface area contributed by atoms with E-state index >= 15 is 0 Å². The molecule has 10 nitrogen and oxygen atoms in total. The molecule has 222 valence electrons. The van der Waals surface area contributed by atoms with Gasteiger partial charge >= 0.3 is 0 Å². The van der Waals surface area contributed by atoms with E-state index in [9.17, 15) is 0 Å². The Labute approximate surface area is 247 Å². The summed E-state index contributed by atoms with van der Waals surface area (Å²) in [6.07, 6.45) is 3.69. The van der Waals surface area contributed by atoms with Crippen LogP contribution >= 0.6 is 0 Å². The second kappa shape index (κ2) is 13.7. The van der Waals surface area contributed by atoms with E-state index in [4.69, 9.17) is 38.4 Å². The Morgan fingerprint density at radius 2 is 0.810 bits per heavy atom. The van der Waals surface area contributed by atoms with Crippen LogP contribution in [0.1, 0.15) is 0 Å². The lowest BCUT2D eigenvalue weighted by atomic mass is 10.1. The lowest BCUT2D eigenvalue weighted by Crippen LogP contribution is -2.31. The highest BCUT2D eigenvalue weighted by molar-refractivity contribution is 5.72. The van der Waals surface area contributed by atoms with E-state index < -0.39 is 0 Å². The predicted octanol–water partition coefficient (Wildman–Crippen LogP) is 5.43. The van der Waals surface area contributed by atoms with Crippen LogP contribution in [0.3, 0.4) is 0 Å². The summed E-state index contributed by atoms with van der Waals surface area (Å²) in [5, 5.41) is 0. The van der Waals surface area contributed by atoms with E-state index in [1.165, 1.54) is 0 Å². The number of benzene rings is 2. The van der Waals surface area contributed by atoms with Gasteiger partial charge in [0, 0.05) is 50.7 Å². The minimum Gasteiger partial charge on any atom is -0.493 e. The number of nitrogens with zero attached hydrogens (tertiary/aromatic N) is 4. The van der Waals surface area contributed by atoms with Crippen molar-refractivity contribution in [3.05, 3.63) is 60.9 Å². The molecule has 0 unspecified atom stereocenters. The number of methoxy groups -OCH3 is 6. The van der Waals surface area contributed by atoms with Gasteiger partial charge in [0.15, 0.2) is 23.0 Å². The van der Waals surface area contributed by atoms with Gasteiger partial charge in [-0.1, -0.05) is 0 Å². The fourth-order valence-corrected chi connectivity index (χ4v) is 4.59. The smallest absolute Gasteiger partial charge is 0.203 e. The molecule has 4 aromatic rings. The first-order valence-electron chi connectivity index (χ1n) is 13.3. The molecule has 0 N–H and O–H groups in total. The average Bonchev–Trinajstić information content (AvgIpc) is 3.05. The van der Waals surface area contributed by atoms with Crippen LogP contribution in [0.25, 0.3) is 22.3 Å². The maximum absolute atomic E-state index is 5.49. The van der Waals surface area contributed by atoms with Crippen LogP contribution in [0, 0.1) is 0 Å². The third kappa shape index (κ3) is 6.38. The summed E-state index contributed by atoms with van der Waals surface area (Å²) >= 11 is 0. The number of anilines is 2. The van der Waals surface area contributed by atoms with Gasteiger partial charge < -0.3 is 38.2 Å². The van der Waals surface area contributed by atoms with Crippen molar-refractivity contribution in [3.63, 3.8) is 0 Å². The Morgan fingerprint density at radius 1 is 0.476 bits per heavy atom. The largest absolute Gasteiger partial charge is 0.493 e. The fourth-order valence-electron chi connectivity index (χ4n) is 4.59. The minimum atomic E-state index is 0.558. The second-order valence-electron chi connectivity index (χ2n) is 9.48. The van der Waals surface area contributed by atoms with Crippen molar-refractivity contribution in [1.29, 1.82) is 0 Å². The normalized spacial score (nSPS) is 10.6. The van der Waals surface area contributed by atoms with Gasteiger partial charge in [0.2, 0.25) is 11.5 Å². The first-order chi connectivity index (χ1) is 20.4. The van der Waals surface area contributed by atoms with Gasteiger partial charge in [-0.2, -0.15) is 0 Å². The summed E-state index contributed by atoms with van der Waals surface area (Å²) in [7, 11) is 13.6. The zero-order valence-corrected chi connectivity index (χ0v) is 25.4. The average molecular weight is 575 g/mol. The van der Waals surface area contributed by atoms with Crippen molar-refractivity contribution in [3.8, 4) is 56.8 Å². The zero-order chi connectivity index (χ0) is 30.2. The summed E-state index contributed by atoms with van der Waals surface area (Å²) in [6, 6.07) is 15.7. The van der Waals surface area contributed by atoms with E-state index in [-0.39, 0.29) is 0 Å². The van der Waals surface area contributed by atoms with Crippen molar-refractivity contribution in [2.24, 2.45) is 0 Å². The molecule has 2 heterocycles. The van der Waals surface area contributed by atoms with Gasteiger partial charge in [0.1, 0.15) is 11.6 Å². The van der Waals surface area contributed by atoms with Crippen LogP contribution in [-0.4, -0.2) is 79.8 Å². The Kier molecular flexibility index (Phi) is 9.80. The summed E-state index contributed by atoms with van der Waals surface area (Å²) in [5.74, 6) is 5.24.